The zero-order valence-corrected chi connectivity index (χ0v) is 22.8. The van der Waals surface area contributed by atoms with Gasteiger partial charge in [0.2, 0.25) is 0 Å². The molecule has 0 bridgehead atoms. The van der Waals surface area contributed by atoms with Crippen molar-refractivity contribution in [1.29, 1.82) is 0 Å². The highest BCUT2D eigenvalue weighted by molar-refractivity contribution is 7.74. The van der Waals surface area contributed by atoms with E-state index >= 15 is 0 Å². The molecule has 37 heavy (non-hydrogen) atoms. The van der Waals surface area contributed by atoms with Gasteiger partial charge in [-0.15, -0.1) is 0 Å². The summed E-state index contributed by atoms with van der Waals surface area (Å²) in [4.78, 5) is 0. The lowest BCUT2D eigenvalue weighted by molar-refractivity contribution is 0.0607. The zero-order chi connectivity index (χ0) is 25.7. The third-order valence-electron chi connectivity index (χ3n) is 7.56. The number of hydrogen-bond donors (Lipinski definition) is 2. The van der Waals surface area contributed by atoms with E-state index in [4.69, 9.17) is 7.85 Å². The van der Waals surface area contributed by atoms with Crippen LogP contribution in [-0.2, 0) is 0 Å². The van der Waals surface area contributed by atoms with Gasteiger partial charge in [-0.05, 0) is 73.6 Å². The predicted octanol–water partition coefficient (Wildman–Crippen LogP) is 4.50. The lowest BCUT2D eigenvalue weighted by atomic mass is 9.70. The van der Waals surface area contributed by atoms with Gasteiger partial charge in [0.15, 0.2) is 0 Å². The first-order chi connectivity index (χ1) is 18.1. The monoisotopic (exact) mass is 522 g/mol. The fraction of sp³-hybridized carbons (Fsp3) is 0.250. The van der Waals surface area contributed by atoms with Crippen LogP contribution < -0.4 is 21.2 Å². The first-order valence-corrected chi connectivity index (χ1v) is 15.9. The van der Waals surface area contributed by atoms with Crippen molar-refractivity contribution in [2.45, 2.75) is 24.0 Å². The van der Waals surface area contributed by atoms with E-state index in [1.807, 2.05) is 0 Å². The van der Waals surface area contributed by atoms with E-state index in [-0.39, 0.29) is 24.1 Å². The van der Waals surface area contributed by atoms with Crippen LogP contribution in [0.15, 0.2) is 121 Å². The van der Waals surface area contributed by atoms with Gasteiger partial charge in [-0.2, -0.15) is 0 Å². The summed E-state index contributed by atoms with van der Waals surface area (Å²) >= 11 is 0. The first-order valence-electron chi connectivity index (χ1n) is 13.0. The Bertz CT molecular complexity index is 1160. The summed E-state index contributed by atoms with van der Waals surface area (Å²) in [7, 11) is 5.26. The van der Waals surface area contributed by atoms with Gasteiger partial charge in [0.05, 0.1) is 0 Å². The molecular weight excluding hydrogens is 489 g/mol. The highest BCUT2D eigenvalue weighted by Gasteiger charge is 2.52. The fourth-order valence-electron chi connectivity index (χ4n) is 5.91. The number of aliphatic hydroxyl groups excluding tert-OH is 1. The number of hydrogen-bond acceptors (Lipinski definition) is 2. The molecule has 5 rings (SSSR count). The molecule has 5 heteroatoms. The molecule has 0 aromatic heterocycles. The predicted molar refractivity (Wildman–Crippen MR) is 161 cm³/mol. The molecule has 1 fully saturated rings. The van der Waals surface area contributed by atoms with Crippen LogP contribution in [0.3, 0.4) is 0 Å². The molecule has 0 unspecified atom stereocenters. The lowest BCUT2D eigenvalue weighted by Crippen LogP contribution is -2.37. The summed E-state index contributed by atoms with van der Waals surface area (Å²) in [5, 5.41) is 26.9. The van der Waals surface area contributed by atoms with Crippen molar-refractivity contribution in [2.75, 3.05) is 12.8 Å². The minimum atomic E-state index is -1.31. The maximum Gasteiger partial charge on any atom is 0.113 e. The molecule has 1 aliphatic carbocycles. The molecule has 0 heterocycles. The molecule has 0 saturated heterocycles. The third-order valence-corrected chi connectivity index (χ3v) is 13.1. The average molecular weight is 522 g/mol. The van der Waals surface area contributed by atoms with Crippen molar-refractivity contribution >= 4 is 44.9 Å². The lowest BCUT2D eigenvalue weighted by Gasteiger charge is -2.35. The molecule has 0 aliphatic heterocycles. The van der Waals surface area contributed by atoms with E-state index in [0.717, 1.165) is 6.16 Å². The number of benzene rings is 4. The molecule has 186 valence electrons. The summed E-state index contributed by atoms with van der Waals surface area (Å²) in [5.74, 6) is -0.00227. The normalized spacial score (nSPS) is 23.5. The van der Waals surface area contributed by atoms with Crippen LogP contribution in [0.1, 0.15) is 12.8 Å². The van der Waals surface area contributed by atoms with Gasteiger partial charge in [-0.25, -0.2) is 0 Å². The summed E-state index contributed by atoms with van der Waals surface area (Å²) in [6.45, 7) is 0.0244. The second kappa shape index (κ2) is 12.1. The van der Waals surface area contributed by atoms with Crippen molar-refractivity contribution in [2.24, 2.45) is 11.8 Å². The number of rotatable bonds is 9. The van der Waals surface area contributed by atoms with E-state index in [1.165, 1.54) is 21.2 Å². The first kappa shape index (κ1) is 26.3. The molecule has 4 aromatic carbocycles. The maximum absolute atomic E-state index is 11.6. The summed E-state index contributed by atoms with van der Waals surface area (Å²) in [5.41, 5.74) is -1.11. The van der Waals surface area contributed by atoms with Crippen LogP contribution in [0.4, 0.5) is 0 Å². The fourth-order valence-corrected chi connectivity index (χ4v) is 12.0. The van der Waals surface area contributed by atoms with Gasteiger partial charge in [0, 0.05) is 12.1 Å². The Hall–Kier alpha value is -2.28. The Labute approximate surface area is 224 Å². The standard InChI is InChI=1S/C32H33BO2P2/c33-32(35)23-31(37(27-17-9-3-10-18-27)28-19-11-4-12-20-28)29(30(32)21-22-34)24-36(25-13-5-1-6-14-25)26-15-7-2-8-16-26/h1-20,29-31,34-35H,21-24H2/t29-,30+,31+,32+/m0/s1. The Kier molecular flexibility index (Phi) is 8.58. The van der Waals surface area contributed by atoms with E-state index < -0.39 is 21.3 Å². The second-order valence-electron chi connectivity index (χ2n) is 9.87. The molecule has 1 saturated carbocycles. The average Bonchev–Trinajstić information content (AvgIpc) is 3.18. The van der Waals surface area contributed by atoms with Crippen molar-refractivity contribution < 1.29 is 10.2 Å². The largest absolute Gasteiger partial charge is 0.399 e. The van der Waals surface area contributed by atoms with Gasteiger partial charge in [-0.1, -0.05) is 121 Å². The molecule has 2 N–H and O–H groups in total. The Morgan fingerprint density at radius 1 is 0.676 bits per heavy atom. The van der Waals surface area contributed by atoms with Crippen LogP contribution in [0.5, 0.6) is 0 Å². The second-order valence-corrected chi connectivity index (χ2v) is 14.6. The van der Waals surface area contributed by atoms with Gasteiger partial charge in [-0.3, -0.25) is 0 Å². The molecule has 2 nitrogen and oxygen atoms in total. The molecular formula is C32H33BO2P2. The summed E-state index contributed by atoms with van der Waals surface area (Å²) in [6, 6.07) is 43.0. The van der Waals surface area contributed by atoms with Crippen LogP contribution in [0.25, 0.3) is 0 Å². The van der Waals surface area contributed by atoms with Crippen LogP contribution in [-0.4, -0.2) is 42.0 Å². The summed E-state index contributed by atoms with van der Waals surface area (Å²) in [6.07, 6.45) is 1.97. The molecule has 1 aliphatic rings. The highest BCUT2D eigenvalue weighted by atomic mass is 31.1. The maximum atomic E-state index is 11.6. The van der Waals surface area contributed by atoms with Crippen molar-refractivity contribution in [3.05, 3.63) is 121 Å². The van der Waals surface area contributed by atoms with Crippen LogP contribution in [0, 0.1) is 11.8 Å². The molecule has 2 radical (unpaired) electrons. The van der Waals surface area contributed by atoms with Gasteiger partial charge in [0.1, 0.15) is 7.85 Å². The molecule has 0 spiro atoms. The van der Waals surface area contributed by atoms with Gasteiger partial charge in [0.25, 0.3) is 0 Å². The highest BCUT2D eigenvalue weighted by Crippen LogP contribution is 2.58. The summed E-state index contributed by atoms with van der Waals surface area (Å²) < 4.78 is 0. The van der Waals surface area contributed by atoms with E-state index in [1.54, 1.807) is 0 Å². The molecule has 4 atom stereocenters. The van der Waals surface area contributed by atoms with Crippen molar-refractivity contribution in [3.63, 3.8) is 0 Å². The Morgan fingerprint density at radius 2 is 1.08 bits per heavy atom. The topological polar surface area (TPSA) is 40.5 Å². The Balaban J connectivity index is 1.62. The van der Waals surface area contributed by atoms with Crippen LogP contribution in [0.2, 0.25) is 0 Å². The molecule has 4 aromatic rings. The molecule has 0 amide bonds. The number of aliphatic hydroxyl groups is 2. The van der Waals surface area contributed by atoms with E-state index in [0.29, 0.717) is 12.8 Å². The van der Waals surface area contributed by atoms with Crippen LogP contribution >= 0.6 is 15.8 Å². The Morgan fingerprint density at radius 3 is 1.49 bits per heavy atom. The quantitative estimate of drug-likeness (QED) is 0.251. The SMILES string of the molecule is [B][C@@]1(O)C[C@@H](P(c2ccccc2)c2ccccc2)[C@@H](CP(c2ccccc2)c2ccccc2)[C@H]1CCO. The van der Waals surface area contributed by atoms with Crippen molar-refractivity contribution in [1.82, 2.24) is 0 Å². The van der Waals surface area contributed by atoms with Gasteiger partial charge >= 0.3 is 0 Å². The zero-order valence-electron chi connectivity index (χ0n) is 21.0. The van der Waals surface area contributed by atoms with E-state index in [9.17, 15) is 10.2 Å². The van der Waals surface area contributed by atoms with Gasteiger partial charge < -0.3 is 10.2 Å². The third kappa shape index (κ3) is 5.92. The smallest absolute Gasteiger partial charge is 0.113 e. The minimum absolute atomic E-state index is 0.0244. The van der Waals surface area contributed by atoms with Crippen molar-refractivity contribution in [3.8, 4) is 0 Å². The van der Waals surface area contributed by atoms with E-state index in [2.05, 4.69) is 121 Å². The minimum Gasteiger partial charge on any atom is -0.399 e.